The van der Waals surface area contributed by atoms with Gasteiger partial charge in [-0.2, -0.15) is 0 Å². The van der Waals surface area contributed by atoms with E-state index in [2.05, 4.69) is 22.6 Å². The molecule has 25 heavy (non-hydrogen) atoms. The summed E-state index contributed by atoms with van der Waals surface area (Å²) < 4.78 is 16.6. The molecular weight excluding hydrogens is 459 g/mol. The van der Waals surface area contributed by atoms with Crippen molar-refractivity contribution in [2.75, 3.05) is 20.3 Å². The Morgan fingerprint density at radius 2 is 1.80 bits per heavy atom. The van der Waals surface area contributed by atoms with Gasteiger partial charge in [-0.1, -0.05) is 11.6 Å². The number of carbonyl (C=O) groups excluding carboxylic acids is 2. The van der Waals surface area contributed by atoms with E-state index in [1.807, 2.05) is 6.92 Å². The monoisotopic (exact) mass is 474 g/mol. The fourth-order valence-electron chi connectivity index (χ4n) is 2.06. The molecule has 0 aromatic heterocycles. The number of ketones is 1. The van der Waals surface area contributed by atoms with Crippen LogP contribution in [-0.4, -0.2) is 32.1 Å². The molecule has 0 fully saturated rings. The first-order chi connectivity index (χ1) is 12.0. The van der Waals surface area contributed by atoms with E-state index in [1.54, 1.807) is 30.3 Å². The minimum Gasteiger partial charge on any atom is -0.493 e. The molecule has 0 spiro atoms. The van der Waals surface area contributed by atoms with Crippen LogP contribution in [0.2, 0.25) is 5.02 Å². The highest BCUT2D eigenvalue weighted by Gasteiger charge is 2.17. The van der Waals surface area contributed by atoms with E-state index in [-0.39, 0.29) is 18.0 Å². The fourth-order valence-corrected chi connectivity index (χ4v) is 2.94. The molecule has 0 aliphatic heterocycles. The minimum absolute atomic E-state index is 0.286. The maximum atomic E-state index is 12.2. The second-order valence-electron chi connectivity index (χ2n) is 4.93. The van der Waals surface area contributed by atoms with Crippen molar-refractivity contribution in [3.8, 4) is 11.5 Å². The van der Waals surface area contributed by atoms with Crippen LogP contribution in [0.25, 0.3) is 0 Å². The Morgan fingerprint density at radius 3 is 2.40 bits per heavy atom. The van der Waals surface area contributed by atoms with Crippen molar-refractivity contribution in [3.05, 3.63) is 56.1 Å². The van der Waals surface area contributed by atoms with Gasteiger partial charge in [0.1, 0.15) is 0 Å². The van der Waals surface area contributed by atoms with Gasteiger partial charge in [0.25, 0.3) is 0 Å². The van der Waals surface area contributed by atoms with E-state index < -0.39 is 5.97 Å². The number of esters is 1. The minimum atomic E-state index is -0.610. The van der Waals surface area contributed by atoms with E-state index in [0.717, 1.165) is 3.57 Å². The molecule has 0 saturated heterocycles. The van der Waals surface area contributed by atoms with Crippen LogP contribution in [0.3, 0.4) is 0 Å². The number of hydrogen-bond donors (Lipinski definition) is 0. The molecule has 0 atom stereocenters. The van der Waals surface area contributed by atoms with Crippen LogP contribution in [0.5, 0.6) is 11.5 Å². The Labute approximate surface area is 164 Å². The summed E-state index contributed by atoms with van der Waals surface area (Å²) in [7, 11) is 1.49. The summed E-state index contributed by atoms with van der Waals surface area (Å²) in [6.45, 7) is 1.98. The van der Waals surface area contributed by atoms with E-state index in [1.165, 1.54) is 13.2 Å². The maximum absolute atomic E-state index is 12.2. The van der Waals surface area contributed by atoms with Gasteiger partial charge >= 0.3 is 5.97 Å². The van der Waals surface area contributed by atoms with E-state index in [9.17, 15) is 9.59 Å². The fraction of sp³-hybridized carbons (Fsp3) is 0.222. The second kappa shape index (κ2) is 9.05. The zero-order valence-electron chi connectivity index (χ0n) is 13.7. The molecule has 2 aromatic carbocycles. The second-order valence-corrected chi connectivity index (χ2v) is 6.53. The van der Waals surface area contributed by atoms with Gasteiger partial charge in [0, 0.05) is 10.6 Å². The molecule has 0 N–H and O–H groups in total. The summed E-state index contributed by atoms with van der Waals surface area (Å²) in [4.78, 5) is 24.3. The molecule has 0 amide bonds. The first kappa shape index (κ1) is 19.5. The normalized spacial score (nSPS) is 10.2. The van der Waals surface area contributed by atoms with Crippen LogP contribution in [0, 0.1) is 3.57 Å². The van der Waals surface area contributed by atoms with E-state index in [0.29, 0.717) is 28.7 Å². The van der Waals surface area contributed by atoms with Gasteiger partial charge < -0.3 is 14.2 Å². The number of carbonyl (C=O) groups is 2. The summed E-state index contributed by atoms with van der Waals surface area (Å²) in [6.07, 6.45) is 0. The number of benzene rings is 2. The molecule has 0 saturated carbocycles. The molecule has 0 heterocycles. The van der Waals surface area contributed by atoms with E-state index >= 15 is 0 Å². The molecule has 132 valence electrons. The van der Waals surface area contributed by atoms with Gasteiger partial charge in [-0.05, 0) is 65.9 Å². The van der Waals surface area contributed by atoms with Crippen LogP contribution >= 0.6 is 34.2 Å². The summed E-state index contributed by atoms with van der Waals surface area (Å²) in [5.74, 6) is 0.0864. The lowest BCUT2D eigenvalue weighted by Crippen LogP contribution is -2.14. The lowest BCUT2D eigenvalue weighted by atomic mass is 10.1. The van der Waals surface area contributed by atoms with Crippen molar-refractivity contribution in [3.63, 3.8) is 0 Å². The number of halogens is 2. The van der Waals surface area contributed by atoms with Gasteiger partial charge in [0.15, 0.2) is 23.9 Å². The Balaban J connectivity index is 2.09. The van der Waals surface area contributed by atoms with Crippen LogP contribution in [0.1, 0.15) is 27.6 Å². The number of ether oxygens (including phenoxy) is 3. The van der Waals surface area contributed by atoms with E-state index in [4.69, 9.17) is 25.8 Å². The molecule has 0 aliphatic carbocycles. The van der Waals surface area contributed by atoms with Gasteiger partial charge in [-0.15, -0.1) is 0 Å². The third kappa shape index (κ3) is 5.09. The molecule has 0 unspecified atom stereocenters. The van der Waals surface area contributed by atoms with Crippen molar-refractivity contribution in [1.29, 1.82) is 0 Å². The molecular formula is C18H16ClIO5. The van der Waals surface area contributed by atoms with Gasteiger partial charge in [-0.3, -0.25) is 4.79 Å². The molecule has 0 aliphatic rings. The van der Waals surface area contributed by atoms with Crippen molar-refractivity contribution >= 4 is 45.9 Å². The highest BCUT2D eigenvalue weighted by Crippen LogP contribution is 2.34. The van der Waals surface area contributed by atoms with Gasteiger partial charge in [0.2, 0.25) is 0 Å². The van der Waals surface area contributed by atoms with Crippen molar-refractivity contribution in [2.45, 2.75) is 6.92 Å². The summed E-state index contributed by atoms with van der Waals surface area (Å²) in [6, 6.07) is 9.54. The van der Waals surface area contributed by atoms with Gasteiger partial charge in [0.05, 0.1) is 22.9 Å². The van der Waals surface area contributed by atoms with Crippen molar-refractivity contribution in [1.82, 2.24) is 0 Å². The van der Waals surface area contributed by atoms with Crippen LogP contribution in [-0.2, 0) is 4.74 Å². The summed E-state index contributed by atoms with van der Waals surface area (Å²) in [5, 5.41) is 0.532. The lowest BCUT2D eigenvalue weighted by Gasteiger charge is -2.13. The Bertz CT molecular complexity index is 774. The lowest BCUT2D eigenvalue weighted by molar-refractivity contribution is 0.0474. The first-order valence-electron chi connectivity index (χ1n) is 7.42. The number of hydrogen-bond acceptors (Lipinski definition) is 5. The largest absolute Gasteiger partial charge is 0.493 e. The van der Waals surface area contributed by atoms with Crippen molar-refractivity contribution < 1.29 is 23.8 Å². The van der Waals surface area contributed by atoms with Crippen LogP contribution in [0.15, 0.2) is 36.4 Å². The highest BCUT2D eigenvalue weighted by molar-refractivity contribution is 14.1. The predicted molar refractivity (Wildman–Crippen MR) is 103 cm³/mol. The Kier molecular flexibility index (Phi) is 7.07. The Hall–Kier alpha value is -1.80. The molecule has 5 nitrogen and oxygen atoms in total. The molecule has 7 heteroatoms. The molecule has 2 rings (SSSR count). The standard InChI is InChI=1S/C18H16ClIO5/c1-3-24-17-14(20)8-12(9-16(17)23-2)18(22)25-10-15(21)11-4-6-13(19)7-5-11/h4-9H,3,10H2,1-2H3. The first-order valence-corrected chi connectivity index (χ1v) is 8.88. The van der Waals surface area contributed by atoms with Crippen LogP contribution < -0.4 is 9.47 Å². The number of Topliss-reactive ketones (excluding diaryl/α,β-unsaturated/α-hetero) is 1. The quantitative estimate of drug-likeness (QED) is 0.338. The number of methoxy groups -OCH3 is 1. The zero-order chi connectivity index (χ0) is 18.4. The Morgan fingerprint density at radius 1 is 1.12 bits per heavy atom. The molecule has 0 bridgehead atoms. The average Bonchev–Trinajstić information content (AvgIpc) is 2.61. The summed E-state index contributed by atoms with van der Waals surface area (Å²) in [5.41, 5.74) is 0.713. The smallest absolute Gasteiger partial charge is 0.338 e. The van der Waals surface area contributed by atoms with Gasteiger partial charge in [-0.25, -0.2) is 4.79 Å². The topological polar surface area (TPSA) is 61.8 Å². The third-order valence-corrected chi connectivity index (χ3v) is 4.31. The zero-order valence-corrected chi connectivity index (χ0v) is 16.6. The molecule has 0 radical (unpaired) electrons. The molecule has 2 aromatic rings. The van der Waals surface area contributed by atoms with Crippen LogP contribution in [0.4, 0.5) is 0 Å². The SMILES string of the molecule is CCOc1c(I)cc(C(=O)OCC(=O)c2ccc(Cl)cc2)cc1OC. The van der Waals surface area contributed by atoms with Crippen molar-refractivity contribution in [2.24, 2.45) is 0 Å². The predicted octanol–water partition coefficient (Wildman–Crippen LogP) is 4.39. The summed E-state index contributed by atoms with van der Waals surface area (Å²) >= 11 is 7.84. The maximum Gasteiger partial charge on any atom is 0.338 e. The highest BCUT2D eigenvalue weighted by atomic mass is 127. The average molecular weight is 475 g/mol. The third-order valence-electron chi connectivity index (χ3n) is 3.25. The number of rotatable bonds is 7.